The van der Waals surface area contributed by atoms with E-state index >= 15 is 0 Å². The fraction of sp³-hybridized carbons (Fsp3) is 0.462. The van der Waals surface area contributed by atoms with E-state index in [1.165, 1.54) is 11.3 Å². The molecular weight excluding hydrogens is 416 g/mol. The normalized spacial score (nSPS) is 15.8. The molecular formula is C26H34N4O3. The lowest BCUT2D eigenvalue weighted by Crippen LogP contribution is -2.43. The topological polar surface area (TPSA) is 68.6 Å². The molecule has 0 saturated carbocycles. The van der Waals surface area contributed by atoms with Gasteiger partial charge in [0.15, 0.2) is 0 Å². The van der Waals surface area contributed by atoms with Crippen LogP contribution in [0.3, 0.4) is 0 Å². The smallest absolute Gasteiger partial charge is 0.410 e. The Bertz CT molecular complexity index is 1190. The van der Waals surface area contributed by atoms with Crippen molar-refractivity contribution in [2.24, 2.45) is 7.05 Å². The van der Waals surface area contributed by atoms with Gasteiger partial charge in [-0.2, -0.15) is 0 Å². The molecule has 33 heavy (non-hydrogen) atoms. The van der Waals surface area contributed by atoms with Crippen molar-refractivity contribution in [1.29, 1.82) is 0 Å². The molecule has 3 aromatic rings. The standard InChI is InChI=1S/C26H34N4O3/c1-16-8-9-17(14-22(16)32-7)27-23-13-11-19-20-15-18(29(5)25(31)33-26(2,3)4)10-12-21(20)30(6)24(19)28-23/h8-9,11,13-14,18H,10,12,15H2,1-7H3,(H,27,28). The largest absolute Gasteiger partial charge is 0.496 e. The number of carbonyl (C=O) groups excluding carboxylic acids is 1. The number of carbonyl (C=O) groups is 1. The number of hydrogen-bond acceptors (Lipinski definition) is 5. The fourth-order valence-electron chi connectivity index (χ4n) is 4.54. The van der Waals surface area contributed by atoms with Crippen molar-refractivity contribution in [3.8, 4) is 5.75 Å². The number of rotatable bonds is 4. The zero-order chi connectivity index (χ0) is 23.9. The molecule has 7 nitrogen and oxygen atoms in total. The van der Waals surface area contributed by atoms with Crippen LogP contribution in [0.2, 0.25) is 0 Å². The first-order valence-corrected chi connectivity index (χ1v) is 11.4. The minimum atomic E-state index is -0.501. The summed E-state index contributed by atoms with van der Waals surface area (Å²) in [7, 11) is 5.59. The maximum absolute atomic E-state index is 12.6. The van der Waals surface area contributed by atoms with Crippen molar-refractivity contribution in [2.45, 2.75) is 58.6 Å². The van der Waals surface area contributed by atoms with Crippen molar-refractivity contribution >= 4 is 28.6 Å². The third-order valence-corrected chi connectivity index (χ3v) is 6.33. The summed E-state index contributed by atoms with van der Waals surface area (Å²) in [5.74, 6) is 1.63. The highest BCUT2D eigenvalue weighted by molar-refractivity contribution is 5.85. The summed E-state index contributed by atoms with van der Waals surface area (Å²) in [6, 6.07) is 10.3. The summed E-state index contributed by atoms with van der Waals surface area (Å²) in [6.45, 7) is 7.71. The third kappa shape index (κ3) is 4.63. The van der Waals surface area contributed by atoms with Crippen molar-refractivity contribution in [2.75, 3.05) is 19.5 Å². The number of benzene rings is 1. The first-order valence-electron chi connectivity index (χ1n) is 11.4. The average Bonchev–Trinajstić information content (AvgIpc) is 3.04. The van der Waals surface area contributed by atoms with Gasteiger partial charge in [0.1, 0.15) is 22.8 Å². The Morgan fingerprint density at radius 1 is 1.24 bits per heavy atom. The van der Waals surface area contributed by atoms with E-state index in [0.29, 0.717) is 0 Å². The quantitative estimate of drug-likeness (QED) is 0.580. The van der Waals surface area contributed by atoms with E-state index in [2.05, 4.69) is 23.0 Å². The SMILES string of the molecule is COc1cc(Nc2ccc3c4c(n(C)c3n2)CCC(N(C)C(=O)OC(C)(C)C)C4)ccc1C. The number of anilines is 2. The molecule has 1 unspecified atom stereocenters. The second-order valence-electron chi connectivity index (χ2n) is 9.85. The number of amides is 1. The number of ether oxygens (including phenoxy) is 2. The molecule has 7 heteroatoms. The molecule has 1 amide bonds. The predicted molar refractivity (Wildman–Crippen MR) is 132 cm³/mol. The second-order valence-corrected chi connectivity index (χ2v) is 9.85. The number of nitrogens with zero attached hydrogens (tertiary/aromatic N) is 3. The van der Waals surface area contributed by atoms with Gasteiger partial charge >= 0.3 is 6.09 Å². The molecule has 176 valence electrons. The van der Waals surface area contributed by atoms with Crippen LogP contribution in [0.5, 0.6) is 5.75 Å². The molecule has 0 radical (unpaired) electrons. The Morgan fingerprint density at radius 3 is 2.70 bits per heavy atom. The lowest BCUT2D eigenvalue weighted by Gasteiger charge is -2.33. The van der Waals surface area contributed by atoms with Crippen LogP contribution in [0.15, 0.2) is 30.3 Å². The number of methoxy groups -OCH3 is 1. The molecule has 2 aromatic heterocycles. The van der Waals surface area contributed by atoms with Crippen LogP contribution >= 0.6 is 0 Å². The van der Waals surface area contributed by atoms with Gasteiger partial charge in [-0.25, -0.2) is 9.78 Å². The first kappa shape index (κ1) is 23.0. The van der Waals surface area contributed by atoms with Crippen LogP contribution in [0.1, 0.15) is 44.0 Å². The van der Waals surface area contributed by atoms with Gasteiger partial charge < -0.3 is 24.3 Å². The summed E-state index contributed by atoms with van der Waals surface area (Å²) < 4.78 is 13.2. The van der Waals surface area contributed by atoms with Crippen LogP contribution < -0.4 is 10.1 Å². The summed E-state index contributed by atoms with van der Waals surface area (Å²) in [6.07, 6.45) is 2.33. The predicted octanol–water partition coefficient (Wildman–Crippen LogP) is 5.36. The average molecular weight is 451 g/mol. The molecule has 2 heterocycles. The molecule has 0 spiro atoms. The molecule has 1 aliphatic carbocycles. The number of likely N-dealkylation sites (N-methyl/N-ethyl adjacent to an activating group) is 1. The van der Waals surface area contributed by atoms with E-state index in [-0.39, 0.29) is 12.1 Å². The molecule has 1 aromatic carbocycles. The monoisotopic (exact) mass is 450 g/mol. The molecule has 0 fully saturated rings. The molecule has 4 rings (SSSR count). The van der Waals surface area contributed by atoms with E-state index in [9.17, 15) is 4.79 Å². The Kier molecular flexibility index (Phi) is 5.99. The Morgan fingerprint density at radius 2 is 2.00 bits per heavy atom. The number of nitrogens with one attached hydrogen (secondary N) is 1. The molecule has 0 aliphatic heterocycles. The Balaban J connectivity index is 1.58. The van der Waals surface area contributed by atoms with Crippen molar-refractivity contribution in [1.82, 2.24) is 14.5 Å². The lowest BCUT2D eigenvalue weighted by atomic mass is 9.91. The maximum Gasteiger partial charge on any atom is 0.410 e. The molecule has 1 aliphatic rings. The molecule has 1 N–H and O–H groups in total. The minimum Gasteiger partial charge on any atom is -0.496 e. The minimum absolute atomic E-state index is 0.107. The van der Waals surface area contributed by atoms with Crippen molar-refractivity contribution < 1.29 is 14.3 Å². The van der Waals surface area contributed by atoms with Gasteiger partial charge in [0.25, 0.3) is 0 Å². The van der Waals surface area contributed by atoms with Crippen molar-refractivity contribution in [3.05, 3.63) is 47.2 Å². The number of pyridine rings is 1. The molecule has 1 atom stereocenters. The Labute approximate surface area is 195 Å². The molecule has 0 bridgehead atoms. The van der Waals surface area contributed by atoms with Crippen LogP contribution in [0, 0.1) is 6.92 Å². The van der Waals surface area contributed by atoms with Crippen LogP contribution in [0.4, 0.5) is 16.3 Å². The number of aryl methyl sites for hydroxylation is 2. The van der Waals surface area contributed by atoms with E-state index in [0.717, 1.165) is 53.1 Å². The lowest BCUT2D eigenvalue weighted by molar-refractivity contribution is 0.0210. The van der Waals surface area contributed by atoms with Gasteiger partial charge in [0.05, 0.1) is 7.11 Å². The van der Waals surface area contributed by atoms with Gasteiger partial charge in [0.2, 0.25) is 0 Å². The van der Waals surface area contributed by atoms with Crippen molar-refractivity contribution in [3.63, 3.8) is 0 Å². The third-order valence-electron chi connectivity index (χ3n) is 6.33. The molecule has 0 saturated heterocycles. The maximum atomic E-state index is 12.6. The highest BCUT2D eigenvalue weighted by atomic mass is 16.6. The number of aromatic nitrogens is 2. The van der Waals surface area contributed by atoms with Gasteiger partial charge in [-0.05, 0) is 76.3 Å². The zero-order valence-electron chi connectivity index (χ0n) is 20.7. The van der Waals surface area contributed by atoms with Gasteiger partial charge in [-0.15, -0.1) is 0 Å². The second kappa shape index (κ2) is 8.61. The van der Waals surface area contributed by atoms with E-state index < -0.39 is 5.60 Å². The highest BCUT2D eigenvalue weighted by Crippen LogP contribution is 2.34. The van der Waals surface area contributed by atoms with Crippen LogP contribution in [-0.2, 0) is 24.6 Å². The number of hydrogen-bond donors (Lipinski definition) is 1. The summed E-state index contributed by atoms with van der Waals surface area (Å²) in [5, 5.41) is 4.54. The summed E-state index contributed by atoms with van der Waals surface area (Å²) >= 11 is 0. The van der Waals surface area contributed by atoms with Gasteiger partial charge in [-0.3, -0.25) is 0 Å². The van der Waals surface area contributed by atoms with E-state index in [1.807, 2.05) is 59.0 Å². The first-order chi connectivity index (χ1) is 15.6. The van der Waals surface area contributed by atoms with E-state index in [1.54, 1.807) is 12.0 Å². The zero-order valence-corrected chi connectivity index (χ0v) is 20.7. The Hall–Kier alpha value is -3.22. The fourth-order valence-corrected chi connectivity index (χ4v) is 4.54. The highest BCUT2D eigenvalue weighted by Gasteiger charge is 2.31. The summed E-state index contributed by atoms with van der Waals surface area (Å²) in [4.78, 5) is 19.3. The van der Waals surface area contributed by atoms with Crippen LogP contribution in [-0.4, -0.2) is 46.3 Å². The van der Waals surface area contributed by atoms with Crippen LogP contribution in [0.25, 0.3) is 11.0 Å². The van der Waals surface area contributed by atoms with Gasteiger partial charge in [-0.1, -0.05) is 6.07 Å². The van der Waals surface area contributed by atoms with E-state index in [4.69, 9.17) is 14.5 Å². The summed E-state index contributed by atoms with van der Waals surface area (Å²) in [5.41, 5.74) is 5.04. The number of fused-ring (bicyclic) bond motifs is 3. The van der Waals surface area contributed by atoms with Gasteiger partial charge in [0, 0.05) is 43.0 Å².